The first-order chi connectivity index (χ1) is 8.95. The van der Waals surface area contributed by atoms with Gasteiger partial charge < -0.3 is 19.8 Å². The molecule has 0 spiro atoms. The van der Waals surface area contributed by atoms with Gasteiger partial charge in [0.15, 0.2) is 0 Å². The maximum atomic E-state index is 12.4. The molecule has 0 aliphatic carbocycles. The summed E-state index contributed by atoms with van der Waals surface area (Å²) in [4.78, 5) is 14.0. The van der Waals surface area contributed by atoms with Crippen molar-refractivity contribution < 1.29 is 19.7 Å². The molecule has 0 bridgehead atoms. The van der Waals surface area contributed by atoms with Crippen LogP contribution in [0, 0.1) is 5.92 Å². The second kappa shape index (κ2) is 6.99. The smallest absolute Gasteiger partial charge is 0.257 e. The number of carbonyl (C=O) groups excluding carboxylic acids is 1. The van der Waals surface area contributed by atoms with E-state index in [2.05, 4.69) is 0 Å². The van der Waals surface area contributed by atoms with E-state index in [-0.39, 0.29) is 23.0 Å². The lowest BCUT2D eigenvalue weighted by atomic mass is 10.1. The van der Waals surface area contributed by atoms with Gasteiger partial charge in [0.2, 0.25) is 0 Å². The van der Waals surface area contributed by atoms with Crippen LogP contribution >= 0.6 is 0 Å². The Kier molecular flexibility index (Phi) is 5.63. The van der Waals surface area contributed by atoms with E-state index in [9.17, 15) is 15.0 Å². The summed E-state index contributed by atoms with van der Waals surface area (Å²) in [6.45, 7) is 5.46. The molecule has 1 amide bonds. The molecule has 0 atom stereocenters. The van der Waals surface area contributed by atoms with Gasteiger partial charge in [-0.1, -0.05) is 13.8 Å². The van der Waals surface area contributed by atoms with E-state index in [0.29, 0.717) is 25.6 Å². The predicted octanol–water partition coefficient (Wildman–Crippen LogP) is 1.84. The van der Waals surface area contributed by atoms with Gasteiger partial charge in [0.25, 0.3) is 5.91 Å². The summed E-state index contributed by atoms with van der Waals surface area (Å²) in [6.07, 6.45) is 0. The minimum Gasteiger partial charge on any atom is -0.508 e. The number of benzene rings is 1. The number of phenolic OH excluding ortho intramolecular Hbond substituents is 2. The minimum absolute atomic E-state index is 0.0441. The molecule has 0 saturated heterocycles. The average molecular weight is 267 g/mol. The second-order valence-corrected chi connectivity index (χ2v) is 4.84. The Labute approximate surface area is 113 Å². The molecular formula is C14H21NO4. The summed E-state index contributed by atoms with van der Waals surface area (Å²) in [7, 11) is 1.57. The van der Waals surface area contributed by atoms with Crippen LogP contribution in [0.2, 0.25) is 0 Å². The van der Waals surface area contributed by atoms with Crippen molar-refractivity contribution in [2.45, 2.75) is 13.8 Å². The van der Waals surface area contributed by atoms with Crippen LogP contribution < -0.4 is 0 Å². The van der Waals surface area contributed by atoms with Crippen LogP contribution in [0.5, 0.6) is 11.5 Å². The quantitative estimate of drug-likeness (QED) is 0.772. The highest BCUT2D eigenvalue weighted by Gasteiger charge is 2.20. The summed E-state index contributed by atoms with van der Waals surface area (Å²) in [5.74, 6) is -0.175. The van der Waals surface area contributed by atoms with Crippen LogP contribution in [-0.4, -0.2) is 47.8 Å². The number of aromatic hydroxyl groups is 2. The molecule has 0 radical (unpaired) electrons. The van der Waals surface area contributed by atoms with Gasteiger partial charge in [-0.2, -0.15) is 0 Å². The van der Waals surface area contributed by atoms with Crippen molar-refractivity contribution in [3.05, 3.63) is 23.8 Å². The van der Waals surface area contributed by atoms with Gasteiger partial charge in [0.1, 0.15) is 11.5 Å². The van der Waals surface area contributed by atoms with Crippen molar-refractivity contribution in [3.8, 4) is 11.5 Å². The van der Waals surface area contributed by atoms with Gasteiger partial charge in [0, 0.05) is 20.2 Å². The first-order valence-electron chi connectivity index (χ1n) is 6.26. The standard InChI is InChI=1S/C14H21NO4/c1-10(2)9-15(6-7-19-3)14(18)12-8-11(16)4-5-13(12)17/h4-5,8,10,16-17H,6-7,9H2,1-3H3. The number of rotatable bonds is 6. The van der Waals surface area contributed by atoms with Gasteiger partial charge in [-0.25, -0.2) is 0 Å². The minimum atomic E-state index is -0.306. The Morgan fingerprint density at radius 2 is 2.05 bits per heavy atom. The zero-order valence-electron chi connectivity index (χ0n) is 11.6. The molecule has 0 saturated carbocycles. The number of ether oxygens (including phenoxy) is 1. The van der Waals surface area contributed by atoms with Crippen LogP contribution in [-0.2, 0) is 4.74 Å². The van der Waals surface area contributed by atoms with Crippen LogP contribution in [0.4, 0.5) is 0 Å². The van der Waals surface area contributed by atoms with Crippen molar-refractivity contribution >= 4 is 5.91 Å². The van der Waals surface area contributed by atoms with Crippen molar-refractivity contribution in [1.82, 2.24) is 4.90 Å². The molecule has 2 N–H and O–H groups in total. The lowest BCUT2D eigenvalue weighted by Gasteiger charge is -2.24. The van der Waals surface area contributed by atoms with Crippen molar-refractivity contribution in [1.29, 1.82) is 0 Å². The van der Waals surface area contributed by atoms with E-state index < -0.39 is 0 Å². The summed E-state index contributed by atoms with van der Waals surface area (Å²) >= 11 is 0. The van der Waals surface area contributed by atoms with Crippen molar-refractivity contribution in [2.75, 3.05) is 26.8 Å². The average Bonchev–Trinajstić information content (AvgIpc) is 2.36. The normalized spacial score (nSPS) is 10.7. The number of amides is 1. The zero-order valence-corrected chi connectivity index (χ0v) is 11.6. The Morgan fingerprint density at radius 3 is 2.63 bits per heavy atom. The van der Waals surface area contributed by atoms with E-state index in [4.69, 9.17) is 4.74 Å². The largest absolute Gasteiger partial charge is 0.508 e. The molecule has 1 aromatic rings. The molecule has 0 unspecified atom stereocenters. The first-order valence-corrected chi connectivity index (χ1v) is 6.26. The summed E-state index contributed by atoms with van der Waals surface area (Å²) in [6, 6.07) is 3.93. The molecule has 5 nitrogen and oxygen atoms in total. The number of carbonyl (C=O) groups is 1. The summed E-state index contributed by atoms with van der Waals surface area (Å²) < 4.78 is 4.99. The molecule has 19 heavy (non-hydrogen) atoms. The Hall–Kier alpha value is -1.75. The summed E-state index contributed by atoms with van der Waals surface area (Å²) in [5.41, 5.74) is 0.108. The SMILES string of the molecule is COCCN(CC(C)C)C(=O)c1cc(O)ccc1O. The van der Waals surface area contributed by atoms with E-state index in [1.165, 1.54) is 18.2 Å². The lowest BCUT2D eigenvalue weighted by molar-refractivity contribution is 0.0669. The fourth-order valence-corrected chi connectivity index (χ4v) is 1.78. The van der Waals surface area contributed by atoms with Gasteiger partial charge in [0.05, 0.1) is 12.2 Å². The number of methoxy groups -OCH3 is 1. The predicted molar refractivity (Wildman–Crippen MR) is 72.4 cm³/mol. The lowest BCUT2D eigenvalue weighted by Crippen LogP contribution is -2.36. The molecule has 1 aromatic carbocycles. The number of nitrogens with zero attached hydrogens (tertiary/aromatic N) is 1. The van der Waals surface area contributed by atoms with Crippen LogP contribution in [0.1, 0.15) is 24.2 Å². The summed E-state index contributed by atoms with van der Waals surface area (Å²) in [5, 5.41) is 19.1. The molecule has 0 heterocycles. The Bertz CT molecular complexity index is 431. The van der Waals surface area contributed by atoms with Crippen molar-refractivity contribution in [3.63, 3.8) is 0 Å². The number of phenols is 2. The fourth-order valence-electron chi connectivity index (χ4n) is 1.78. The molecule has 0 aliphatic rings. The van der Waals surface area contributed by atoms with Crippen LogP contribution in [0.3, 0.4) is 0 Å². The highest BCUT2D eigenvalue weighted by atomic mass is 16.5. The molecule has 1 rings (SSSR count). The monoisotopic (exact) mass is 267 g/mol. The Morgan fingerprint density at radius 1 is 1.37 bits per heavy atom. The zero-order chi connectivity index (χ0) is 14.4. The van der Waals surface area contributed by atoms with Gasteiger partial charge in [-0.3, -0.25) is 4.79 Å². The number of hydrogen-bond acceptors (Lipinski definition) is 4. The maximum absolute atomic E-state index is 12.4. The fraction of sp³-hybridized carbons (Fsp3) is 0.500. The van der Waals surface area contributed by atoms with E-state index >= 15 is 0 Å². The van der Waals surface area contributed by atoms with Crippen molar-refractivity contribution in [2.24, 2.45) is 5.92 Å². The van der Waals surface area contributed by atoms with E-state index in [0.717, 1.165) is 0 Å². The second-order valence-electron chi connectivity index (χ2n) is 4.84. The van der Waals surface area contributed by atoms with E-state index in [1.54, 1.807) is 12.0 Å². The van der Waals surface area contributed by atoms with E-state index in [1.807, 2.05) is 13.8 Å². The first kappa shape index (κ1) is 15.3. The molecule has 106 valence electrons. The topological polar surface area (TPSA) is 70.0 Å². The highest BCUT2D eigenvalue weighted by molar-refractivity contribution is 5.97. The third-order valence-corrected chi connectivity index (χ3v) is 2.65. The van der Waals surface area contributed by atoms with Gasteiger partial charge >= 0.3 is 0 Å². The molecule has 0 fully saturated rings. The molecule has 5 heteroatoms. The van der Waals surface area contributed by atoms with Crippen LogP contribution in [0.25, 0.3) is 0 Å². The molecule has 0 aliphatic heterocycles. The number of hydrogen-bond donors (Lipinski definition) is 2. The molecular weight excluding hydrogens is 246 g/mol. The Balaban J connectivity index is 2.93. The molecule has 0 aromatic heterocycles. The third kappa shape index (κ3) is 4.44. The highest BCUT2D eigenvalue weighted by Crippen LogP contribution is 2.23. The maximum Gasteiger partial charge on any atom is 0.257 e. The van der Waals surface area contributed by atoms with Gasteiger partial charge in [-0.05, 0) is 24.1 Å². The van der Waals surface area contributed by atoms with Gasteiger partial charge in [-0.15, -0.1) is 0 Å². The van der Waals surface area contributed by atoms with Crippen LogP contribution in [0.15, 0.2) is 18.2 Å². The third-order valence-electron chi connectivity index (χ3n) is 2.65.